The number of hydrogen-bond donors (Lipinski definition) is 0. The molecular formula is C12H6ClF2NO2. The van der Waals surface area contributed by atoms with Crippen molar-refractivity contribution in [2.24, 2.45) is 0 Å². The standard InChI is InChI=1S/C12H6ClF2NO2/c13-11-4-2-8(16(17)18)6-10(11)9-3-1-7(14)5-12(9)15/h1-6H. The van der Waals surface area contributed by atoms with Crippen molar-refractivity contribution in [3.63, 3.8) is 0 Å². The van der Waals surface area contributed by atoms with E-state index in [0.717, 1.165) is 12.1 Å². The molecule has 0 heterocycles. The van der Waals surface area contributed by atoms with Crippen LogP contribution in [0.1, 0.15) is 0 Å². The van der Waals surface area contributed by atoms with E-state index in [1.165, 1.54) is 18.2 Å². The van der Waals surface area contributed by atoms with E-state index in [-0.39, 0.29) is 21.8 Å². The van der Waals surface area contributed by atoms with E-state index in [1.807, 2.05) is 0 Å². The third-order valence-corrected chi connectivity index (χ3v) is 2.71. The van der Waals surface area contributed by atoms with Crippen LogP contribution < -0.4 is 0 Å². The van der Waals surface area contributed by atoms with Crippen LogP contribution in [0.15, 0.2) is 36.4 Å². The van der Waals surface area contributed by atoms with Crippen molar-refractivity contribution in [2.45, 2.75) is 0 Å². The Hall–Kier alpha value is -2.01. The quantitative estimate of drug-likeness (QED) is 0.606. The Kier molecular flexibility index (Phi) is 3.25. The lowest BCUT2D eigenvalue weighted by Gasteiger charge is -2.06. The first kappa shape index (κ1) is 12.4. The molecule has 6 heteroatoms. The first-order chi connectivity index (χ1) is 8.49. The zero-order valence-corrected chi connectivity index (χ0v) is 9.62. The number of non-ortho nitro benzene ring substituents is 1. The number of hydrogen-bond acceptors (Lipinski definition) is 2. The van der Waals surface area contributed by atoms with Gasteiger partial charge in [-0.2, -0.15) is 0 Å². The van der Waals surface area contributed by atoms with Crippen LogP contribution in [-0.2, 0) is 0 Å². The molecule has 0 unspecified atom stereocenters. The van der Waals surface area contributed by atoms with Crippen LogP contribution in [0.2, 0.25) is 5.02 Å². The van der Waals surface area contributed by atoms with Crippen molar-refractivity contribution in [2.75, 3.05) is 0 Å². The van der Waals surface area contributed by atoms with Crippen molar-refractivity contribution < 1.29 is 13.7 Å². The maximum Gasteiger partial charge on any atom is 0.270 e. The van der Waals surface area contributed by atoms with E-state index >= 15 is 0 Å². The lowest BCUT2D eigenvalue weighted by Crippen LogP contribution is -1.91. The van der Waals surface area contributed by atoms with Gasteiger partial charge in [0.15, 0.2) is 0 Å². The minimum Gasteiger partial charge on any atom is -0.258 e. The van der Waals surface area contributed by atoms with Gasteiger partial charge in [-0.05, 0) is 18.2 Å². The number of rotatable bonds is 2. The van der Waals surface area contributed by atoms with Gasteiger partial charge >= 0.3 is 0 Å². The minimum atomic E-state index is -0.822. The fourth-order valence-electron chi connectivity index (χ4n) is 1.54. The van der Waals surface area contributed by atoms with E-state index in [0.29, 0.717) is 6.07 Å². The average Bonchev–Trinajstić information content (AvgIpc) is 2.30. The molecule has 0 radical (unpaired) electrons. The first-order valence-corrected chi connectivity index (χ1v) is 5.26. The maximum absolute atomic E-state index is 13.6. The van der Waals surface area contributed by atoms with Crippen molar-refractivity contribution in [3.05, 3.63) is 63.2 Å². The van der Waals surface area contributed by atoms with Crippen LogP contribution in [0, 0.1) is 21.7 Å². The smallest absolute Gasteiger partial charge is 0.258 e. The summed E-state index contributed by atoms with van der Waals surface area (Å²) in [7, 11) is 0. The van der Waals surface area contributed by atoms with Gasteiger partial charge in [0.2, 0.25) is 0 Å². The highest BCUT2D eigenvalue weighted by molar-refractivity contribution is 6.33. The highest BCUT2D eigenvalue weighted by Crippen LogP contribution is 2.33. The second-order valence-electron chi connectivity index (χ2n) is 3.55. The molecule has 2 aromatic rings. The molecule has 0 aromatic heterocycles. The zero-order chi connectivity index (χ0) is 13.3. The molecule has 0 N–H and O–H groups in total. The molecule has 92 valence electrons. The lowest BCUT2D eigenvalue weighted by molar-refractivity contribution is -0.384. The molecule has 0 spiro atoms. The summed E-state index contributed by atoms with van der Waals surface area (Å²) in [6.07, 6.45) is 0. The molecule has 0 aliphatic carbocycles. The van der Waals surface area contributed by atoms with Gasteiger partial charge < -0.3 is 0 Å². The predicted molar refractivity (Wildman–Crippen MR) is 63.5 cm³/mol. The molecule has 18 heavy (non-hydrogen) atoms. The van der Waals surface area contributed by atoms with Gasteiger partial charge in [0.25, 0.3) is 5.69 Å². The molecule has 0 saturated heterocycles. The normalized spacial score (nSPS) is 10.4. The molecule has 2 rings (SSSR count). The molecule has 0 bridgehead atoms. The average molecular weight is 270 g/mol. The van der Waals surface area contributed by atoms with Crippen LogP contribution >= 0.6 is 11.6 Å². The van der Waals surface area contributed by atoms with Gasteiger partial charge in [-0.1, -0.05) is 11.6 Å². The second kappa shape index (κ2) is 4.70. The SMILES string of the molecule is O=[N+]([O-])c1ccc(Cl)c(-c2ccc(F)cc2F)c1. The highest BCUT2D eigenvalue weighted by Gasteiger charge is 2.14. The molecule has 0 saturated carbocycles. The lowest BCUT2D eigenvalue weighted by atomic mass is 10.0. The van der Waals surface area contributed by atoms with Gasteiger partial charge in [-0.15, -0.1) is 0 Å². The predicted octanol–water partition coefficient (Wildman–Crippen LogP) is 4.19. The molecule has 0 aliphatic heterocycles. The highest BCUT2D eigenvalue weighted by atomic mass is 35.5. The molecular weight excluding hydrogens is 264 g/mol. The van der Waals surface area contributed by atoms with Crippen LogP contribution in [-0.4, -0.2) is 4.92 Å². The maximum atomic E-state index is 13.6. The summed E-state index contributed by atoms with van der Waals surface area (Å²) in [5, 5.41) is 10.8. The third kappa shape index (κ3) is 2.31. The summed E-state index contributed by atoms with van der Waals surface area (Å²) in [5.41, 5.74) is -0.0356. The number of nitro groups is 1. The van der Waals surface area contributed by atoms with Crippen molar-refractivity contribution in [1.82, 2.24) is 0 Å². The van der Waals surface area contributed by atoms with Gasteiger partial charge in [0.1, 0.15) is 11.6 Å². The summed E-state index contributed by atoms with van der Waals surface area (Å²) >= 11 is 5.86. The summed E-state index contributed by atoms with van der Waals surface area (Å²) in [5.74, 6) is -1.55. The van der Waals surface area contributed by atoms with Crippen molar-refractivity contribution >= 4 is 17.3 Å². The Morgan fingerprint density at radius 2 is 1.78 bits per heavy atom. The summed E-state index contributed by atoms with van der Waals surface area (Å²) in [6.45, 7) is 0. The fourth-order valence-corrected chi connectivity index (χ4v) is 1.76. The zero-order valence-electron chi connectivity index (χ0n) is 8.86. The van der Waals surface area contributed by atoms with E-state index in [9.17, 15) is 18.9 Å². The Bertz CT molecular complexity index is 631. The van der Waals surface area contributed by atoms with Gasteiger partial charge in [0.05, 0.1) is 4.92 Å². The summed E-state index contributed by atoms with van der Waals surface area (Å²) < 4.78 is 26.4. The summed E-state index contributed by atoms with van der Waals surface area (Å²) in [6, 6.07) is 6.62. The first-order valence-electron chi connectivity index (χ1n) is 4.88. The Morgan fingerprint density at radius 1 is 1.06 bits per heavy atom. The monoisotopic (exact) mass is 269 g/mol. The topological polar surface area (TPSA) is 43.1 Å². The number of nitro benzene ring substituents is 1. The van der Waals surface area contributed by atoms with Gasteiger partial charge in [-0.25, -0.2) is 8.78 Å². The van der Waals surface area contributed by atoms with Gasteiger partial charge in [0, 0.05) is 34.3 Å². The molecule has 0 aliphatic rings. The third-order valence-electron chi connectivity index (χ3n) is 2.38. The van der Waals surface area contributed by atoms with E-state index in [2.05, 4.69) is 0 Å². The number of nitrogens with zero attached hydrogens (tertiary/aromatic N) is 1. The number of halogens is 3. The largest absolute Gasteiger partial charge is 0.270 e. The molecule has 0 atom stereocenters. The van der Waals surface area contributed by atoms with Crippen LogP contribution in [0.25, 0.3) is 11.1 Å². The molecule has 2 aromatic carbocycles. The minimum absolute atomic E-state index is 0.0186. The van der Waals surface area contributed by atoms with Crippen LogP contribution in [0.4, 0.5) is 14.5 Å². The Morgan fingerprint density at radius 3 is 2.39 bits per heavy atom. The number of benzene rings is 2. The van der Waals surface area contributed by atoms with Crippen LogP contribution in [0.3, 0.4) is 0 Å². The fraction of sp³-hybridized carbons (Fsp3) is 0. The van der Waals surface area contributed by atoms with E-state index in [1.54, 1.807) is 0 Å². The van der Waals surface area contributed by atoms with Gasteiger partial charge in [-0.3, -0.25) is 10.1 Å². The Balaban J connectivity index is 2.62. The van der Waals surface area contributed by atoms with Crippen LogP contribution in [0.5, 0.6) is 0 Å². The molecule has 3 nitrogen and oxygen atoms in total. The second-order valence-corrected chi connectivity index (χ2v) is 3.95. The summed E-state index contributed by atoms with van der Waals surface area (Å²) in [4.78, 5) is 10.0. The van der Waals surface area contributed by atoms with E-state index < -0.39 is 16.6 Å². The van der Waals surface area contributed by atoms with Crippen molar-refractivity contribution in [1.29, 1.82) is 0 Å². The van der Waals surface area contributed by atoms with Crippen molar-refractivity contribution in [3.8, 4) is 11.1 Å². The Labute approximate surface area is 106 Å². The van der Waals surface area contributed by atoms with E-state index in [4.69, 9.17) is 11.6 Å². The molecule has 0 fully saturated rings. The molecule has 0 amide bonds.